The first-order valence-electron chi connectivity index (χ1n) is 9.03. The molecular weight excluding hydrogens is 384 g/mol. The highest BCUT2D eigenvalue weighted by molar-refractivity contribution is 7.71. The Labute approximate surface area is 166 Å². The maximum atomic E-state index is 12.7. The molecular formula is C19H21ClN4O2S. The van der Waals surface area contributed by atoms with E-state index in [9.17, 15) is 9.90 Å². The van der Waals surface area contributed by atoms with Crippen LogP contribution in [0, 0.1) is 4.77 Å². The molecule has 0 unspecified atom stereocenters. The zero-order chi connectivity index (χ0) is 19.3. The van der Waals surface area contributed by atoms with Gasteiger partial charge >= 0.3 is 0 Å². The molecule has 0 spiro atoms. The van der Waals surface area contributed by atoms with Crippen molar-refractivity contribution in [3.05, 3.63) is 55.2 Å². The second-order valence-electron chi connectivity index (χ2n) is 6.97. The first kappa shape index (κ1) is 18.3. The molecule has 0 bridgehead atoms. The zero-order valence-electron chi connectivity index (χ0n) is 15.1. The second kappa shape index (κ2) is 6.82. The second-order valence-corrected chi connectivity index (χ2v) is 7.79. The van der Waals surface area contributed by atoms with Gasteiger partial charge in [-0.25, -0.2) is 0 Å². The minimum absolute atomic E-state index is 0.0299. The molecule has 6 nitrogen and oxygen atoms in total. The third-order valence-electron chi connectivity index (χ3n) is 5.39. The number of aromatic amines is 2. The predicted octanol–water partition coefficient (Wildman–Crippen LogP) is 3.95. The number of nitrogens with zero attached hydrogens (tertiary/aromatic N) is 1. The molecule has 1 aliphatic rings. The zero-order valence-corrected chi connectivity index (χ0v) is 16.7. The number of H-pyrrole nitrogens is 2. The van der Waals surface area contributed by atoms with Crippen molar-refractivity contribution in [1.29, 1.82) is 0 Å². The molecule has 142 valence electrons. The topological polar surface area (TPSA) is 85.8 Å². The van der Waals surface area contributed by atoms with Crippen LogP contribution in [0.3, 0.4) is 0 Å². The highest BCUT2D eigenvalue weighted by Crippen LogP contribution is 2.36. The number of hydrogen-bond acceptors (Lipinski definition) is 4. The Morgan fingerprint density at radius 2 is 2.19 bits per heavy atom. The van der Waals surface area contributed by atoms with Crippen LogP contribution >= 0.6 is 23.8 Å². The van der Waals surface area contributed by atoms with Crippen molar-refractivity contribution in [2.24, 2.45) is 0 Å². The minimum atomic E-state index is -0.449. The molecule has 1 aliphatic heterocycles. The number of fused-ring (bicyclic) bond motifs is 3. The lowest BCUT2D eigenvalue weighted by atomic mass is 9.95. The third-order valence-corrected chi connectivity index (χ3v) is 5.92. The van der Waals surface area contributed by atoms with E-state index in [4.69, 9.17) is 23.8 Å². The van der Waals surface area contributed by atoms with Crippen LogP contribution in [0.25, 0.3) is 10.9 Å². The molecule has 27 heavy (non-hydrogen) atoms. The van der Waals surface area contributed by atoms with E-state index in [1.54, 1.807) is 4.57 Å². The van der Waals surface area contributed by atoms with Crippen molar-refractivity contribution in [3.8, 4) is 5.88 Å². The van der Waals surface area contributed by atoms with Crippen LogP contribution in [0.5, 0.6) is 5.88 Å². The van der Waals surface area contributed by atoms with Crippen molar-refractivity contribution in [3.63, 3.8) is 0 Å². The third kappa shape index (κ3) is 2.90. The lowest BCUT2D eigenvalue weighted by Crippen LogP contribution is -2.35. The van der Waals surface area contributed by atoms with Gasteiger partial charge in [0.25, 0.3) is 5.56 Å². The van der Waals surface area contributed by atoms with Crippen LogP contribution in [0.2, 0.25) is 5.02 Å². The Morgan fingerprint density at radius 3 is 2.93 bits per heavy atom. The summed E-state index contributed by atoms with van der Waals surface area (Å²) >= 11 is 11.5. The van der Waals surface area contributed by atoms with Crippen molar-refractivity contribution in [1.82, 2.24) is 19.9 Å². The average Bonchev–Trinajstić information content (AvgIpc) is 3.00. The van der Waals surface area contributed by atoms with Crippen LogP contribution in [0.15, 0.2) is 23.0 Å². The van der Waals surface area contributed by atoms with Gasteiger partial charge in [0, 0.05) is 34.2 Å². The Balaban J connectivity index is 1.96. The molecule has 0 amide bonds. The fraction of sp³-hybridized carbons (Fsp3) is 0.368. The van der Waals surface area contributed by atoms with Crippen LogP contribution in [-0.4, -0.2) is 26.2 Å². The number of nitrogens with one attached hydrogen (secondary N) is 3. The summed E-state index contributed by atoms with van der Waals surface area (Å²) in [6.07, 6.45) is 1.59. The summed E-state index contributed by atoms with van der Waals surface area (Å²) in [5.74, 6) is -0.0832. The maximum Gasteiger partial charge on any atom is 0.260 e. The van der Waals surface area contributed by atoms with E-state index in [1.807, 2.05) is 32.0 Å². The molecule has 0 aliphatic carbocycles. The largest absolute Gasteiger partial charge is 0.494 e. The Kier molecular flexibility index (Phi) is 4.61. The summed E-state index contributed by atoms with van der Waals surface area (Å²) < 4.78 is 1.84. The van der Waals surface area contributed by atoms with Gasteiger partial charge < -0.3 is 15.4 Å². The van der Waals surface area contributed by atoms with Crippen LogP contribution in [0.1, 0.15) is 49.2 Å². The SMILES string of the molecule is CC[C@H](C)n1c(O)c([C@@H]2NCCc3c2[nH]c2ccc(Cl)cc32)c(=O)[nH]c1=S. The highest BCUT2D eigenvalue weighted by atomic mass is 35.5. The maximum absolute atomic E-state index is 12.7. The van der Waals surface area contributed by atoms with E-state index < -0.39 is 6.04 Å². The lowest BCUT2D eigenvalue weighted by Gasteiger charge is -2.26. The fourth-order valence-electron chi connectivity index (χ4n) is 3.85. The van der Waals surface area contributed by atoms with Crippen LogP contribution < -0.4 is 10.9 Å². The molecule has 4 N–H and O–H groups in total. The summed E-state index contributed by atoms with van der Waals surface area (Å²) in [6.45, 7) is 4.66. The van der Waals surface area contributed by atoms with Crippen molar-refractivity contribution < 1.29 is 5.11 Å². The first-order valence-corrected chi connectivity index (χ1v) is 9.82. The van der Waals surface area contributed by atoms with Crippen LogP contribution in [-0.2, 0) is 6.42 Å². The van der Waals surface area contributed by atoms with Gasteiger partial charge in [0.05, 0.1) is 6.04 Å². The summed E-state index contributed by atoms with van der Waals surface area (Å²) in [6, 6.07) is 5.22. The number of aromatic nitrogens is 3. The average molecular weight is 405 g/mol. The van der Waals surface area contributed by atoms with Crippen molar-refractivity contribution in [2.75, 3.05) is 6.54 Å². The minimum Gasteiger partial charge on any atom is -0.494 e. The van der Waals surface area contributed by atoms with Gasteiger partial charge in [-0.1, -0.05) is 18.5 Å². The molecule has 8 heteroatoms. The number of halogens is 1. The monoisotopic (exact) mass is 404 g/mol. The van der Waals surface area contributed by atoms with Gasteiger partial charge in [0.2, 0.25) is 5.88 Å². The number of hydrogen-bond donors (Lipinski definition) is 4. The predicted molar refractivity (Wildman–Crippen MR) is 109 cm³/mol. The Hall–Kier alpha value is -2.09. The summed E-state index contributed by atoms with van der Waals surface area (Å²) in [5.41, 5.74) is 2.87. The Bertz CT molecular complexity index is 1150. The van der Waals surface area contributed by atoms with Crippen molar-refractivity contribution >= 4 is 34.7 Å². The number of rotatable bonds is 3. The van der Waals surface area contributed by atoms with Gasteiger partial charge in [-0.05, 0) is 55.7 Å². The van der Waals surface area contributed by atoms with E-state index in [1.165, 1.54) is 0 Å². The van der Waals surface area contributed by atoms with E-state index in [2.05, 4.69) is 15.3 Å². The molecule has 3 aromatic rings. The van der Waals surface area contributed by atoms with Gasteiger partial charge in [-0.2, -0.15) is 0 Å². The highest BCUT2D eigenvalue weighted by Gasteiger charge is 2.31. The van der Waals surface area contributed by atoms with Gasteiger partial charge in [0.15, 0.2) is 4.77 Å². The summed E-state index contributed by atoms with van der Waals surface area (Å²) in [4.78, 5) is 18.9. The van der Waals surface area contributed by atoms with Crippen molar-refractivity contribution in [2.45, 2.75) is 38.8 Å². The Morgan fingerprint density at radius 1 is 1.41 bits per heavy atom. The van der Waals surface area contributed by atoms with E-state index >= 15 is 0 Å². The van der Waals surface area contributed by atoms with E-state index in [0.29, 0.717) is 11.6 Å². The standard InChI is InChI=1S/C19H21ClN4O2S/c1-3-9(2)24-18(26)14(17(25)23-19(24)27)16-15-11(6-7-21-16)12-8-10(20)4-5-13(12)22-15/h4-5,8-9,16,21-22,26H,3,6-7H2,1-2H3,(H,23,25,27)/t9-,16-/m0/s1. The molecule has 3 heterocycles. The lowest BCUT2D eigenvalue weighted by molar-refractivity contribution is 0.358. The smallest absolute Gasteiger partial charge is 0.260 e. The molecule has 4 rings (SSSR count). The fourth-order valence-corrected chi connectivity index (χ4v) is 4.38. The quantitative estimate of drug-likeness (QED) is 0.498. The molecule has 0 radical (unpaired) electrons. The van der Waals surface area contributed by atoms with E-state index in [-0.39, 0.29) is 27.8 Å². The molecule has 2 atom stereocenters. The van der Waals surface area contributed by atoms with Gasteiger partial charge in [-0.3, -0.25) is 14.3 Å². The number of benzene rings is 1. The van der Waals surface area contributed by atoms with Gasteiger partial charge in [-0.15, -0.1) is 0 Å². The van der Waals surface area contributed by atoms with Gasteiger partial charge in [0.1, 0.15) is 5.56 Å². The molecule has 0 saturated heterocycles. The molecule has 0 saturated carbocycles. The summed E-state index contributed by atoms with van der Waals surface area (Å²) in [5, 5.41) is 16.0. The first-order chi connectivity index (χ1) is 12.9. The molecule has 1 aromatic carbocycles. The number of aromatic hydroxyl groups is 1. The molecule has 0 fully saturated rings. The summed E-state index contributed by atoms with van der Waals surface area (Å²) in [7, 11) is 0. The molecule has 2 aromatic heterocycles. The normalized spacial score (nSPS) is 17.8. The van der Waals surface area contributed by atoms with Crippen LogP contribution in [0.4, 0.5) is 0 Å². The van der Waals surface area contributed by atoms with E-state index in [0.717, 1.165) is 35.0 Å².